The molecule has 0 aromatic heterocycles. The Morgan fingerprint density at radius 3 is 2.64 bits per heavy atom. The highest BCUT2D eigenvalue weighted by Gasteiger charge is 2.21. The minimum absolute atomic E-state index is 0.113. The van der Waals surface area contributed by atoms with Gasteiger partial charge in [-0.1, -0.05) is 27.5 Å². The standard InChI is InChI=1S/C9H7BrClFO2/c1-4(9(13)14)8-6(10)2-5(11)3-7(8)12/h2-4H,1H3,(H,13,14). The van der Waals surface area contributed by atoms with Gasteiger partial charge in [0.25, 0.3) is 0 Å². The van der Waals surface area contributed by atoms with E-state index in [1.165, 1.54) is 13.0 Å². The molecule has 0 bridgehead atoms. The Kier molecular flexibility index (Phi) is 3.50. The van der Waals surface area contributed by atoms with Gasteiger partial charge in [-0.3, -0.25) is 4.79 Å². The molecule has 0 amide bonds. The van der Waals surface area contributed by atoms with Crippen LogP contribution in [-0.2, 0) is 4.79 Å². The van der Waals surface area contributed by atoms with Gasteiger partial charge in [-0.15, -0.1) is 0 Å². The van der Waals surface area contributed by atoms with E-state index in [1.54, 1.807) is 0 Å². The van der Waals surface area contributed by atoms with E-state index in [1.807, 2.05) is 0 Å². The summed E-state index contributed by atoms with van der Waals surface area (Å²) >= 11 is 8.67. The molecular formula is C9H7BrClFO2. The third kappa shape index (κ3) is 2.25. The summed E-state index contributed by atoms with van der Waals surface area (Å²) in [6.45, 7) is 1.42. The van der Waals surface area contributed by atoms with Gasteiger partial charge in [0.15, 0.2) is 0 Å². The minimum atomic E-state index is -1.08. The zero-order valence-corrected chi connectivity index (χ0v) is 9.56. The number of hydrogen-bond acceptors (Lipinski definition) is 1. The Balaban J connectivity index is 3.27. The maximum Gasteiger partial charge on any atom is 0.310 e. The second kappa shape index (κ2) is 4.28. The number of carboxylic acid groups (broad SMARTS) is 1. The predicted molar refractivity (Wildman–Crippen MR) is 55.2 cm³/mol. The van der Waals surface area contributed by atoms with Crippen LogP contribution in [0.2, 0.25) is 5.02 Å². The molecule has 1 aromatic rings. The predicted octanol–water partition coefficient (Wildman–Crippen LogP) is 3.43. The molecule has 1 rings (SSSR count). The van der Waals surface area contributed by atoms with Gasteiger partial charge in [-0.2, -0.15) is 0 Å². The summed E-state index contributed by atoms with van der Waals surface area (Å²) in [5.41, 5.74) is 0.113. The fraction of sp³-hybridized carbons (Fsp3) is 0.222. The van der Waals surface area contributed by atoms with Crippen molar-refractivity contribution >= 4 is 33.5 Å². The van der Waals surface area contributed by atoms with Gasteiger partial charge in [0.05, 0.1) is 5.92 Å². The summed E-state index contributed by atoms with van der Waals surface area (Å²) in [6, 6.07) is 2.57. The van der Waals surface area contributed by atoms with Gasteiger partial charge in [0.2, 0.25) is 0 Å². The molecule has 0 spiro atoms. The van der Waals surface area contributed by atoms with E-state index in [9.17, 15) is 9.18 Å². The molecule has 1 aromatic carbocycles. The van der Waals surface area contributed by atoms with Gasteiger partial charge in [-0.25, -0.2) is 4.39 Å². The van der Waals surface area contributed by atoms with Crippen molar-refractivity contribution in [2.45, 2.75) is 12.8 Å². The van der Waals surface area contributed by atoms with Crippen molar-refractivity contribution in [2.75, 3.05) is 0 Å². The highest BCUT2D eigenvalue weighted by Crippen LogP contribution is 2.30. The molecular weight excluding hydrogens is 274 g/mol. The van der Waals surface area contributed by atoms with Crippen molar-refractivity contribution in [1.82, 2.24) is 0 Å². The van der Waals surface area contributed by atoms with Crippen molar-refractivity contribution in [3.05, 3.63) is 33.0 Å². The summed E-state index contributed by atoms with van der Waals surface area (Å²) < 4.78 is 13.7. The number of rotatable bonds is 2. The van der Waals surface area contributed by atoms with Gasteiger partial charge in [-0.05, 0) is 19.1 Å². The van der Waals surface area contributed by atoms with E-state index in [4.69, 9.17) is 16.7 Å². The summed E-state index contributed by atoms with van der Waals surface area (Å²) in [7, 11) is 0. The highest BCUT2D eigenvalue weighted by atomic mass is 79.9. The van der Waals surface area contributed by atoms with Gasteiger partial charge in [0.1, 0.15) is 5.82 Å². The molecule has 0 aliphatic heterocycles. The fourth-order valence-corrected chi connectivity index (χ4v) is 2.21. The average molecular weight is 282 g/mol. The van der Waals surface area contributed by atoms with Crippen LogP contribution in [0.15, 0.2) is 16.6 Å². The Morgan fingerprint density at radius 2 is 2.21 bits per heavy atom. The lowest BCUT2D eigenvalue weighted by molar-refractivity contribution is -0.138. The van der Waals surface area contributed by atoms with E-state index in [0.717, 1.165) is 6.07 Å². The van der Waals surface area contributed by atoms with Crippen molar-refractivity contribution in [2.24, 2.45) is 0 Å². The van der Waals surface area contributed by atoms with Crippen LogP contribution in [0.3, 0.4) is 0 Å². The zero-order chi connectivity index (χ0) is 10.9. The molecule has 1 N–H and O–H groups in total. The second-order valence-corrected chi connectivity index (χ2v) is 4.13. The van der Waals surface area contributed by atoms with Gasteiger partial charge < -0.3 is 5.11 Å². The van der Waals surface area contributed by atoms with Crippen LogP contribution in [0.4, 0.5) is 4.39 Å². The first-order chi connectivity index (χ1) is 6.43. The van der Waals surface area contributed by atoms with Gasteiger partial charge in [0, 0.05) is 15.1 Å². The maximum atomic E-state index is 13.3. The number of hydrogen-bond donors (Lipinski definition) is 1. The second-order valence-electron chi connectivity index (χ2n) is 2.84. The number of halogens is 3. The lowest BCUT2D eigenvalue weighted by atomic mass is 10.0. The quantitative estimate of drug-likeness (QED) is 0.902. The van der Waals surface area contributed by atoms with Crippen LogP contribution < -0.4 is 0 Å². The maximum absolute atomic E-state index is 13.3. The van der Waals surface area contributed by atoms with Crippen LogP contribution >= 0.6 is 27.5 Å². The Labute approximate surface area is 93.8 Å². The average Bonchev–Trinajstić information content (AvgIpc) is 2.01. The van der Waals surface area contributed by atoms with E-state index >= 15 is 0 Å². The minimum Gasteiger partial charge on any atom is -0.481 e. The first-order valence-electron chi connectivity index (χ1n) is 3.80. The largest absolute Gasteiger partial charge is 0.481 e. The van der Waals surface area contributed by atoms with E-state index in [2.05, 4.69) is 15.9 Å². The molecule has 0 fully saturated rings. The summed E-state index contributed by atoms with van der Waals surface area (Å²) in [6.07, 6.45) is 0. The molecule has 76 valence electrons. The smallest absolute Gasteiger partial charge is 0.310 e. The van der Waals surface area contributed by atoms with Crippen LogP contribution in [0.25, 0.3) is 0 Å². The summed E-state index contributed by atoms with van der Waals surface area (Å²) in [4.78, 5) is 10.7. The number of benzene rings is 1. The van der Waals surface area contributed by atoms with Crippen molar-refractivity contribution in [1.29, 1.82) is 0 Å². The lowest BCUT2D eigenvalue weighted by Crippen LogP contribution is -2.10. The van der Waals surface area contributed by atoms with Crippen LogP contribution in [0.1, 0.15) is 18.4 Å². The molecule has 0 radical (unpaired) electrons. The molecule has 2 nitrogen and oxygen atoms in total. The molecule has 1 atom stereocenters. The SMILES string of the molecule is CC(C(=O)O)c1c(F)cc(Cl)cc1Br. The molecule has 0 aliphatic carbocycles. The monoisotopic (exact) mass is 280 g/mol. The van der Waals surface area contributed by atoms with Crippen LogP contribution in [0, 0.1) is 5.82 Å². The Hall–Kier alpha value is -0.610. The highest BCUT2D eigenvalue weighted by molar-refractivity contribution is 9.10. The molecule has 0 aliphatic rings. The number of carbonyl (C=O) groups is 1. The molecule has 0 heterocycles. The van der Waals surface area contributed by atoms with Crippen LogP contribution in [0.5, 0.6) is 0 Å². The van der Waals surface area contributed by atoms with Gasteiger partial charge >= 0.3 is 5.97 Å². The lowest BCUT2D eigenvalue weighted by Gasteiger charge is -2.10. The normalized spacial score (nSPS) is 12.6. The van der Waals surface area contributed by atoms with Crippen molar-refractivity contribution in [3.63, 3.8) is 0 Å². The van der Waals surface area contributed by atoms with E-state index < -0.39 is 17.7 Å². The van der Waals surface area contributed by atoms with Crippen molar-refractivity contribution < 1.29 is 14.3 Å². The first-order valence-corrected chi connectivity index (χ1v) is 4.98. The third-order valence-corrected chi connectivity index (χ3v) is 2.72. The molecule has 5 heteroatoms. The number of aliphatic carboxylic acids is 1. The fourth-order valence-electron chi connectivity index (χ4n) is 1.09. The Morgan fingerprint density at radius 1 is 1.64 bits per heavy atom. The van der Waals surface area contributed by atoms with E-state index in [-0.39, 0.29) is 10.6 Å². The number of carboxylic acids is 1. The van der Waals surface area contributed by atoms with Crippen LogP contribution in [-0.4, -0.2) is 11.1 Å². The zero-order valence-electron chi connectivity index (χ0n) is 7.22. The molecule has 14 heavy (non-hydrogen) atoms. The summed E-state index contributed by atoms with van der Waals surface area (Å²) in [5.74, 6) is -2.59. The molecule has 1 unspecified atom stereocenters. The topological polar surface area (TPSA) is 37.3 Å². The Bertz CT molecular complexity index is 358. The third-order valence-electron chi connectivity index (χ3n) is 1.85. The summed E-state index contributed by atoms with van der Waals surface area (Å²) in [5, 5.41) is 8.97. The van der Waals surface area contributed by atoms with Crippen molar-refractivity contribution in [3.8, 4) is 0 Å². The first kappa shape index (κ1) is 11.5. The van der Waals surface area contributed by atoms with E-state index in [0.29, 0.717) is 4.47 Å². The molecule has 0 saturated carbocycles. The molecule has 0 saturated heterocycles.